The van der Waals surface area contributed by atoms with Crippen molar-refractivity contribution < 1.29 is 4.39 Å². The van der Waals surface area contributed by atoms with Crippen LogP contribution in [0.1, 0.15) is 23.6 Å². The number of aryl methyl sites for hydroxylation is 1. The highest BCUT2D eigenvalue weighted by Crippen LogP contribution is 2.24. The first kappa shape index (κ1) is 13.8. The minimum absolute atomic E-state index is 0.138. The Balaban J connectivity index is 2.17. The summed E-state index contributed by atoms with van der Waals surface area (Å²) in [6.45, 7) is 4.56. The van der Waals surface area contributed by atoms with Crippen LogP contribution in [-0.2, 0) is 0 Å². The summed E-state index contributed by atoms with van der Waals surface area (Å²) in [5.41, 5.74) is 7.78. The van der Waals surface area contributed by atoms with Crippen LogP contribution in [-0.4, -0.2) is 36.0 Å². The molecule has 1 aromatic rings. The molecule has 1 atom stereocenters. The molecular formula is C14H21FN2S. The SMILES string of the molecule is Cc1cc(C(CN)N2CCCSCC2)ccc1F. The number of rotatable bonds is 3. The summed E-state index contributed by atoms with van der Waals surface area (Å²) >= 11 is 2.01. The molecule has 0 bridgehead atoms. The van der Waals surface area contributed by atoms with E-state index in [1.165, 1.54) is 12.2 Å². The van der Waals surface area contributed by atoms with E-state index in [1.54, 1.807) is 6.07 Å². The average molecular weight is 268 g/mol. The number of hydrogen-bond donors (Lipinski definition) is 1. The van der Waals surface area contributed by atoms with Crippen LogP contribution in [0.5, 0.6) is 0 Å². The van der Waals surface area contributed by atoms with Crippen molar-refractivity contribution in [1.82, 2.24) is 4.90 Å². The molecule has 1 unspecified atom stereocenters. The van der Waals surface area contributed by atoms with Gasteiger partial charge < -0.3 is 5.73 Å². The van der Waals surface area contributed by atoms with Gasteiger partial charge in [-0.2, -0.15) is 11.8 Å². The number of nitrogens with two attached hydrogens (primary N) is 1. The van der Waals surface area contributed by atoms with Crippen molar-refractivity contribution in [2.75, 3.05) is 31.1 Å². The van der Waals surface area contributed by atoms with Gasteiger partial charge in [0.2, 0.25) is 0 Å². The third-order valence-electron chi connectivity index (χ3n) is 3.49. The number of thioether (sulfide) groups is 1. The zero-order valence-corrected chi connectivity index (χ0v) is 11.7. The lowest BCUT2D eigenvalue weighted by Crippen LogP contribution is -2.35. The van der Waals surface area contributed by atoms with Crippen molar-refractivity contribution in [3.8, 4) is 0 Å². The van der Waals surface area contributed by atoms with E-state index in [-0.39, 0.29) is 11.9 Å². The van der Waals surface area contributed by atoms with Crippen molar-refractivity contribution >= 4 is 11.8 Å². The molecule has 0 aliphatic carbocycles. The summed E-state index contributed by atoms with van der Waals surface area (Å²) in [5.74, 6) is 2.26. The minimum atomic E-state index is -0.138. The van der Waals surface area contributed by atoms with Gasteiger partial charge in [0, 0.05) is 24.9 Å². The van der Waals surface area contributed by atoms with Gasteiger partial charge in [0.25, 0.3) is 0 Å². The first-order valence-electron chi connectivity index (χ1n) is 6.50. The van der Waals surface area contributed by atoms with Crippen molar-refractivity contribution in [3.63, 3.8) is 0 Å². The van der Waals surface area contributed by atoms with E-state index in [0.29, 0.717) is 12.1 Å². The Morgan fingerprint density at radius 2 is 2.22 bits per heavy atom. The first-order valence-corrected chi connectivity index (χ1v) is 7.65. The number of nitrogens with zero attached hydrogens (tertiary/aromatic N) is 1. The zero-order valence-electron chi connectivity index (χ0n) is 10.9. The van der Waals surface area contributed by atoms with Crippen LogP contribution >= 0.6 is 11.8 Å². The van der Waals surface area contributed by atoms with E-state index < -0.39 is 0 Å². The molecule has 1 aliphatic heterocycles. The molecule has 0 aromatic heterocycles. The highest BCUT2D eigenvalue weighted by molar-refractivity contribution is 7.99. The number of benzene rings is 1. The molecule has 100 valence electrons. The summed E-state index contributed by atoms with van der Waals surface area (Å²) in [7, 11) is 0. The van der Waals surface area contributed by atoms with Gasteiger partial charge in [-0.1, -0.05) is 12.1 Å². The summed E-state index contributed by atoms with van der Waals surface area (Å²) < 4.78 is 13.3. The van der Waals surface area contributed by atoms with Gasteiger partial charge in [-0.25, -0.2) is 4.39 Å². The predicted octanol–water partition coefficient (Wildman–Crippen LogP) is 2.57. The summed E-state index contributed by atoms with van der Waals surface area (Å²) in [6, 6.07) is 5.59. The van der Waals surface area contributed by atoms with Gasteiger partial charge >= 0.3 is 0 Å². The Hall–Kier alpha value is -0.580. The monoisotopic (exact) mass is 268 g/mol. The molecular weight excluding hydrogens is 247 g/mol. The second-order valence-electron chi connectivity index (χ2n) is 4.76. The predicted molar refractivity (Wildman–Crippen MR) is 76.4 cm³/mol. The lowest BCUT2D eigenvalue weighted by Gasteiger charge is -2.30. The maximum Gasteiger partial charge on any atom is 0.126 e. The number of hydrogen-bond acceptors (Lipinski definition) is 3. The van der Waals surface area contributed by atoms with Crippen LogP contribution in [0.2, 0.25) is 0 Å². The minimum Gasteiger partial charge on any atom is -0.329 e. The smallest absolute Gasteiger partial charge is 0.126 e. The Kier molecular flexibility index (Phi) is 5.03. The Labute approximate surface area is 113 Å². The maximum absolute atomic E-state index is 13.3. The lowest BCUT2D eigenvalue weighted by atomic mass is 10.0. The quantitative estimate of drug-likeness (QED) is 0.913. The zero-order chi connectivity index (χ0) is 13.0. The Morgan fingerprint density at radius 3 is 2.94 bits per heavy atom. The van der Waals surface area contributed by atoms with Crippen molar-refractivity contribution in [3.05, 3.63) is 35.1 Å². The molecule has 1 aliphatic rings. The van der Waals surface area contributed by atoms with E-state index in [4.69, 9.17) is 5.73 Å². The molecule has 1 saturated heterocycles. The highest BCUT2D eigenvalue weighted by atomic mass is 32.2. The van der Waals surface area contributed by atoms with Crippen LogP contribution < -0.4 is 5.73 Å². The first-order chi connectivity index (χ1) is 8.72. The largest absolute Gasteiger partial charge is 0.329 e. The highest BCUT2D eigenvalue weighted by Gasteiger charge is 2.20. The molecule has 0 saturated carbocycles. The molecule has 0 radical (unpaired) electrons. The van der Waals surface area contributed by atoms with Crippen LogP contribution in [0.25, 0.3) is 0 Å². The molecule has 1 aromatic carbocycles. The van der Waals surface area contributed by atoms with E-state index in [2.05, 4.69) is 4.90 Å². The molecule has 1 fully saturated rings. The molecule has 1 heterocycles. The second-order valence-corrected chi connectivity index (χ2v) is 5.99. The number of halogens is 1. The molecule has 0 amide bonds. The normalized spacial score (nSPS) is 19.5. The van der Waals surface area contributed by atoms with Crippen molar-refractivity contribution in [2.45, 2.75) is 19.4 Å². The van der Waals surface area contributed by atoms with E-state index >= 15 is 0 Å². The second kappa shape index (κ2) is 6.55. The molecule has 2 nitrogen and oxygen atoms in total. The van der Waals surface area contributed by atoms with Gasteiger partial charge in [0.1, 0.15) is 5.82 Å². The van der Waals surface area contributed by atoms with Crippen molar-refractivity contribution in [1.29, 1.82) is 0 Å². The van der Waals surface area contributed by atoms with Crippen LogP contribution in [0.3, 0.4) is 0 Å². The molecule has 4 heteroatoms. The fourth-order valence-electron chi connectivity index (χ4n) is 2.45. The fraction of sp³-hybridized carbons (Fsp3) is 0.571. The Morgan fingerprint density at radius 1 is 1.39 bits per heavy atom. The summed E-state index contributed by atoms with van der Waals surface area (Å²) in [5, 5.41) is 0. The van der Waals surface area contributed by atoms with E-state index in [0.717, 1.165) is 24.4 Å². The van der Waals surface area contributed by atoms with Gasteiger partial charge in [-0.05, 0) is 42.8 Å². The molecule has 0 spiro atoms. The molecule has 18 heavy (non-hydrogen) atoms. The van der Waals surface area contributed by atoms with Gasteiger partial charge in [0.05, 0.1) is 0 Å². The standard InChI is InChI=1S/C14H21FN2S/c1-11-9-12(3-4-13(11)15)14(10-16)17-5-2-7-18-8-6-17/h3-4,9,14H,2,5-8,10,16H2,1H3. The molecule has 2 rings (SSSR count). The van der Waals surface area contributed by atoms with Gasteiger partial charge in [-0.15, -0.1) is 0 Å². The third kappa shape index (κ3) is 3.25. The maximum atomic E-state index is 13.3. The van der Waals surface area contributed by atoms with Crippen LogP contribution in [0.4, 0.5) is 4.39 Å². The van der Waals surface area contributed by atoms with Crippen molar-refractivity contribution in [2.24, 2.45) is 5.73 Å². The van der Waals surface area contributed by atoms with E-state index in [9.17, 15) is 4.39 Å². The van der Waals surface area contributed by atoms with Crippen LogP contribution in [0, 0.1) is 12.7 Å². The summed E-state index contributed by atoms with van der Waals surface area (Å²) in [4.78, 5) is 2.44. The lowest BCUT2D eigenvalue weighted by molar-refractivity contribution is 0.218. The third-order valence-corrected chi connectivity index (χ3v) is 4.54. The molecule has 2 N–H and O–H groups in total. The fourth-order valence-corrected chi connectivity index (χ4v) is 3.35. The van der Waals surface area contributed by atoms with E-state index in [1.807, 2.05) is 30.8 Å². The summed E-state index contributed by atoms with van der Waals surface area (Å²) in [6.07, 6.45) is 1.21. The van der Waals surface area contributed by atoms with Gasteiger partial charge in [0.15, 0.2) is 0 Å². The van der Waals surface area contributed by atoms with Gasteiger partial charge in [-0.3, -0.25) is 4.90 Å². The average Bonchev–Trinajstić information content (AvgIpc) is 2.64. The Bertz CT molecular complexity index is 389. The van der Waals surface area contributed by atoms with Crippen LogP contribution in [0.15, 0.2) is 18.2 Å². The topological polar surface area (TPSA) is 29.3 Å².